The summed E-state index contributed by atoms with van der Waals surface area (Å²) in [5.41, 5.74) is 7.08. The van der Waals surface area contributed by atoms with Gasteiger partial charge in [0.2, 0.25) is 0 Å². The largest absolute Gasteiger partial charge is 0.492 e. The van der Waals surface area contributed by atoms with Crippen LogP contribution in [0.25, 0.3) is 0 Å². The lowest BCUT2D eigenvalue weighted by atomic mass is 10.0. The fourth-order valence-electron chi connectivity index (χ4n) is 1.56. The average Bonchev–Trinajstić information content (AvgIpc) is 2.59. The van der Waals surface area contributed by atoms with Crippen molar-refractivity contribution in [3.05, 3.63) is 23.8 Å². The van der Waals surface area contributed by atoms with Crippen LogP contribution in [0.5, 0.6) is 5.75 Å². The molecule has 0 unspecified atom stereocenters. The first-order chi connectivity index (χ1) is 6.72. The minimum atomic E-state index is -0.310. The predicted octanol–water partition coefficient (Wildman–Crippen LogP) is 0.918. The molecule has 4 heteroatoms. The van der Waals surface area contributed by atoms with Gasteiger partial charge in [-0.05, 0) is 6.07 Å². The van der Waals surface area contributed by atoms with Crippen LogP contribution in [0.3, 0.4) is 0 Å². The lowest BCUT2D eigenvalue weighted by Crippen LogP contribution is -2.15. The molecular formula is C10H11NO3. The Balaban J connectivity index is 2.35. The standard InChI is InChI=1S/C10H11NO3/c1-13-10(12)8-5-14-9-4-6(11)2-3-7(8)9/h2-4,8H,5,11H2,1H3/t8-/m0/s1. The van der Waals surface area contributed by atoms with E-state index in [-0.39, 0.29) is 11.9 Å². The molecule has 0 fully saturated rings. The topological polar surface area (TPSA) is 61.5 Å². The summed E-state index contributed by atoms with van der Waals surface area (Å²) in [5, 5.41) is 0. The number of carbonyl (C=O) groups excluding carboxylic acids is 1. The van der Waals surface area contributed by atoms with E-state index in [1.54, 1.807) is 18.2 Å². The molecule has 1 aromatic carbocycles. The normalized spacial score (nSPS) is 18.5. The highest BCUT2D eigenvalue weighted by molar-refractivity contribution is 5.80. The van der Waals surface area contributed by atoms with Crippen LogP contribution >= 0.6 is 0 Å². The van der Waals surface area contributed by atoms with Gasteiger partial charge in [-0.2, -0.15) is 0 Å². The maximum Gasteiger partial charge on any atom is 0.316 e. The monoisotopic (exact) mass is 193 g/mol. The van der Waals surface area contributed by atoms with Crippen LogP contribution in [-0.2, 0) is 9.53 Å². The maximum absolute atomic E-state index is 11.3. The molecule has 0 bridgehead atoms. The molecule has 1 aliphatic heterocycles. The number of nitrogen functional groups attached to an aromatic ring is 1. The van der Waals surface area contributed by atoms with Gasteiger partial charge in [0.25, 0.3) is 0 Å². The molecule has 0 spiro atoms. The Morgan fingerprint density at radius 3 is 3.14 bits per heavy atom. The Labute approximate surface area is 81.6 Å². The van der Waals surface area contributed by atoms with Crippen LogP contribution in [0.15, 0.2) is 18.2 Å². The number of nitrogens with two attached hydrogens (primary N) is 1. The van der Waals surface area contributed by atoms with Crippen molar-refractivity contribution in [1.29, 1.82) is 0 Å². The first-order valence-electron chi connectivity index (χ1n) is 4.32. The van der Waals surface area contributed by atoms with E-state index >= 15 is 0 Å². The highest BCUT2D eigenvalue weighted by Gasteiger charge is 2.30. The molecule has 74 valence electrons. The summed E-state index contributed by atoms with van der Waals surface area (Å²) >= 11 is 0. The summed E-state index contributed by atoms with van der Waals surface area (Å²) in [6.45, 7) is 0.339. The number of esters is 1. The fourth-order valence-corrected chi connectivity index (χ4v) is 1.56. The lowest BCUT2D eigenvalue weighted by molar-refractivity contribution is -0.142. The van der Waals surface area contributed by atoms with Gasteiger partial charge in [-0.3, -0.25) is 4.79 Å². The summed E-state index contributed by atoms with van der Waals surface area (Å²) in [6, 6.07) is 5.28. The highest BCUT2D eigenvalue weighted by atomic mass is 16.5. The van der Waals surface area contributed by atoms with E-state index in [0.717, 1.165) is 5.56 Å². The van der Waals surface area contributed by atoms with Crippen molar-refractivity contribution in [2.75, 3.05) is 19.5 Å². The molecule has 0 saturated carbocycles. The van der Waals surface area contributed by atoms with Crippen molar-refractivity contribution in [2.45, 2.75) is 5.92 Å². The molecule has 0 saturated heterocycles. The lowest BCUT2D eigenvalue weighted by Gasteiger charge is -2.05. The van der Waals surface area contributed by atoms with Crippen molar-refractivity contribution in [1.82, 2.24) is 0 Å². The van der Waals surface area contributed by atoms with E-state index in [2.05, 4.69) is 4.74 Å². The first-order valence-corrected chi connectivity index (χ1v) is 4.32. The van der Waals surface area contributed by atoms with Gasteiger partial charge in [-0.1, -0.05) is 6.07 Å². The molecule has 1 aromatic rings. The quantitative estimate of drug-likeness (QED) is 0.532. The Morgan fingerprint density at radius 1 is 1.64 bits per heavy atom. The minimum absolute atomic E-state index is 0.270. The molecule has 0 aromatic heterocycles. The van der Waals surface area contributed by atoms with Crippen molar-refractivity contribution in [2.24, 2.45) is 0 Å². The Kier molecular flexibility index (Phi) is 2.04. The first kappa shape index (κ1) is 8.87. The molecule has 0 amide bonds. The third-order valence-electron chi connectivity index (χ3n) is 2.30. The van der Waals surface area contributed by atoms with Crippen LogP contribution in [0.2, 0.25) is 0 Å². The Morgan fingerprint density at radius 2 is 2.43 bits per heavy atom. The molecule has 4 nitrogen and oxygen atoms in total. The fraction of sp³-hybridized carbons (Fsp3) is 0.300. The molecular weight excluding hydrogens is 182 g/mol. The maximum atomic E-state index is 11.3. The van der Waals surface area contributed by atoms with Crippen molar-refractivity contribution in [3.63, 3.8) is 0 Å². The van der Waals surface area contributed by atoms with Crippen LogP contribution in [-0.4, -0.2) is 19.7 Å². The number of methoxy groups -OCH3 is 1. The van der Waals surface area contributed by atoms with E-state index in [4.69, 9.17) is 10.5 Å². The van der Waals surface area contributed by atoms with E-state index < -0.39 is 0 Å². The van der Waals surface area contributed by atoms with E-state index in [9.17, 15) is 4.79 Å². The third kappa shape index (κ3) is 1.28. The average molecular weight is 193 g/mol. The minimum Gasteiger partial charge on any atom is -0.492 e. The van der Waals surface area contributed by atoms with Gasteiger partial charge in [0.1, 0.15) is 18.3 Å². The van der Waals surface area contributed by atoms with E-state index in [0.29, 0.717) is 18.0 Å². The number of benzene rings is 1. The van der Waals surface area contributed by atoms with Crippen LogP contribution in [0.1, 0.15) is 11.5 Å². The van der Waals surface area contributed by atoms with E-state index in [1.807, 2.05) is 0 Å². The van der Waals surface area contributed by atoms with Gasteiger partial charge in [-0.25, -0.2) is 0 Å². The van der Waals surface area contributed by atoms with Gasteiger partial charge in [0.05, 0.1) is 7.11 Å². The highest BCUT2D eigenvalue weighted by Crippen LogP contribution is 2.35. The number of carbonyl (C=O) groups is 1. The summed E-state index contributed by atoms with van der Waals surface area (Å²) in [4.78, 5) is 11.3. The van der Waals surface area contributed by atoms with Gasteiger partial charge >= 0.3 is 5.97 Å². The second-order valence-electron chi connectivity index (χ2n) is 3.18. The van der Waals surface area contributed by atoms with Gasteiger partial charge in [-0.15, -0.1) is 0 Å². The molecule has 1 heterocycles. The number of anilines is 1. The molecule has 1 aliphatic rings. The SMILES string of the molecule is COC(=O)[C@H]1COc2cc(N)ccc21. The predicted molar refractivity (Wildman–Crippen MR) is 51.1 cm³/mol. The summed E-state index contributed by atoms with van der Waals surface area (Å²) in [5.74, 6) is 0.101. The zero-order chi connectivity index (χ0) is 10.1. The smallest absolute Gasteiger partial charge is 0.316 e. The summed E-state index contributed by atoms with van der Waals surface area (Å²) in [6.07, 6.45) is 0. The number of hydrogen-bond donors (Lipinski definition) is 1. The molecule has 1 atom stereocenters. The van der Waals surface area contributed by atoms with Crippen molar-refractivity contribution < 1.29 is 14.3 Å². The molecule has 0 radical (unpaired) electrons. The number of rotatable bonds is 1. The number of fused-ring (bicyclic) bond motifs is 1. The van der Waals surface area contributed by atoms with Crippen molar-refractivity contribution >= 4 is 11.7 Å². The zero-order valence-electron chi connectivity index (χ0n) is 7.82. The van der Waals surface area contributed by atoms with Crippen LogP contribution in [0, 0.1) is 0 Å². The van der Waals surface area contributed by atoms with Gasteiger partial charge < -0.3 is 15.2 Å². The van der Waals surface area contributed by atoms with Gasteiger partial charge in [0.15, 0.2) is 0 Å². The molecule has 14 heavy (non-hydrogen) atoms. The van der Waals surface area contributed by atoms with E-state index in [1.165, 1.54) is 7.11 Å². The summed E-state index contributed by atoms with van der Waals surface area (Å²) < 4.78 is 10.0. The molecule has 2 rings (SSSR count). The second kappa shape index (κ2) is 3.21. The third-order valence-corrected chi connectivity index (χ3v) is 2.30. The molecule has 0 aliphatic carbocycles. The number of hydrogen-bond acceptors (Lipinski definition) is 4. The Hall–Kier alpha value is -1.71. The number of ether oxygens (including phenoxy) is 2. The Bertz CT molecular complexity index is 376. The second-order valence-corrected chi connectivity index (χ2v) is 3.18. The van der Waals surface area contributed by atoms with Crippen LogP contribution in [0.4, 0.5) is 5.69 Å². The summed E-state index contributed by atoms with van der Waals surface area (Å²) in [7, 11) is 1.37. The van der Waals surface area contributed by atoms with Gasteiger partial charge in [0, 0.05) is 17.3 Å². The molecule has 2 N–H and O–H groups in total. The van der Waals surface area contributed by atoms with Crippen LogP contribution < -0.4 is 10.5 Å². The van der Waals surface area contributed by atoms with Crippen molar-refractivity contribution in [3.8, 4) is 5.75 Å². The zero-order valence-corrected chi connectivity index (χ0v) is 7.82.